The second-order valence-corrected chi connectivity index (χ2v) is 6.63. The Morgan fingerprint density at radius 3 is 2.90 bits per heavy atom. The number of nitrogens with zero attached hydrogens (tertiary/aromatic N) is 2. The van der Waals surface area contributed by atoms with Gasteiger partial charge in [0, 0.05) is 37.2 Å². The van der Waals surface area contributed by atoms with E-state index in [9.17, 15) is 0 Å². The second-order valence-electron chi connectivity index (χ2n) is 6.63. The molecule has 0 bridgehead atoms. The van der Waals surface area contributed by atoms with Crippen LogP contribution in [0, 0.1) is 0 Å². The summed E-state index contributed by atoms with van der Waals surface area (Å²) in [5.74, 6) is 2.14. The van der Waals surface area contributed by atoms with Crippen LogP contribution in [0.2, 0.25) is 0 Å². The van der Waals surface area contributed by atoms with Crippen molar-refractivity contribution in [3.05, 3.63) is 17.2 Å². The first kappa shape index (κ1) is 14.1. The maximum Gasteiger partial charge on any atom is 0.112 e. The minimum absolute atomic E-state index is 0.625. The molecule has 1 aromatic rings. The normalized spacial score (nSPS) is 21.1. The molecular formula is C17H29N3. The van der Waals surface area contributed by atoms with Crippen LogP contribution in [0.4, 0.5) is 0 Å². The van der Waals surface area contributed by atoms with Gasteiger partial charge >= 0.3 is 0 Å². The summed E-state index contributed by atoms with van der Waals surface area (Å²) in [6, 6.07) is 0.625. The van der Waals surface area contributed by atoms with Gasteiger partial charge in [-0.1, -0.05) is 32.6 Å². The molecule has 0 saturated heterocycles. The third kappa shape index (κ3) is 2.65. The van der Waals surface area contributed by atoms with Gasteiger partial charge < -0.3 is 9.88 Å². The van der Waals surface area contributed by atoms with Crippen LogP contribution < -0.4 is 5.32 Å². The number of aromatic nitrogens is 2. The molecule has 3 nitrogen and oxygen atoms in total. The Labute approximate surface area is 123 Å². The third-order valence-electron chi connectivity index (χ3n) is 5.09. The number of nitrogens with one attached hydrogen (secondary N) is 1. The van der Waals surface area contributed by atoms with Crippen molar-refractivity contribution in [2.24, 2.45) is 0 Å². The molecule has 2 heterocycles. The summed E-state index contributed by atoms with van der Waals surface area (Å²) in [6.45, 7) is 6.78. The number of unbranched alkanes of at least 4 members (excludes halogenated alkanes) is 1. The van der Waals surface area contributed by atoms with Crippen molar-refractivity contribution < 1.29 is 0 Å². The molecule has 1 aromatic heterocycles. The Hall–Kier alpha value is -0.830. The van der Waals surface area contributed by atoms with Gasteiger partial charge in [-0.2, -0.15) is 0 Å². The molecule has 1 N–H and O–H groups in total. The average molecular weight is 275 g/mol. The largest absolute Gasteiger partial charge is 0.329 e. The Balaban J connectivity index is 1.92. The average Bonchev–Trinajstić information content (AvgIpc) is 3.11. The summed E-state index contributed by atoms with van der Waals surface area (Å²) in [5, 5.41) is 3.48. The van der Waals surface area contributed by atoms with E-state index in [1.54, 1.807) is 0 Å². The number of imidazole rings is 1. The second kappa shape index (κ2) is 6.30. The van der Waals surface area contributed by atoms with Crippen molar-refractivity contribution in [1.82, 2.24) is 14.9 Å². The van der Waals surface area contributed by atoms with E-state index in [0.29, 0.717) is 6.04 Å². The Bertz CT molecular complexity index is 443. The molecule has 0 amide bonds. The van der Waals surface area contributed by atoms with Gasteiger partial charge in [0.05, 0.1) is 5.69 Å². The molecule has 0 aromatic carbocycles. The minimum Gasteiger partial charge on any atom is -0.329 e. The molecule has 1 aliphatic heterocycles. The van der Waals surface area contributed by atoms with E-state index >= 15 is 0 Å². The first-order valence-corrected chi connectivity index (χ1v) is 8.61. The Morgan fingerprint density at radius 2 is 2.15 bits per heavy atom. The third-order valence-corrected chi connectivity index (χ3v) is 5.09. The highest BCUT2D eigenvalue weighted by molar-refractivity contribution is 5.23. The first-order valence-electron chi connectivity index (χ1n) is 8.61. The molecule has 2 aliphatic rings. The summed E-state index contributed by atoms with van der Waals surface area (Å²) >= 11 is 0. The van der Waals surface area contributed by atoms with Crippen LogP contribution in [0.3, 0.4) is 0 Å². The van der Waals surface area contributed by atoms with E-state index in [-0.39, 0.29) is 0 Å². The first-order chi connectivity index (χ1) is 9.81. The van der Waals surface area contributed by atoms with Crippen LogP contribution in [-0.2, 0) is 13.0 Å². The van der Waals surface area contributed by atoms with E-state index in [0.717, 1.165) is 25.4 Å². The lowest BCUT2D eigenvalue weighted by molar-refractivity contribution is 0.436. The topological polar surface area (TPSA) is 29.9 Å². The fraction of sp³-hybridized carbons (Fsp3) is 0.824. The molecule has 1 unspecified atom stereocenters. The highest BCUT2D eigenvalue weighted by atomic mass is 15.1. The number of hydrogen-bond acceptors (Lipinski definition) is 2. The maximum absolute atomic E-state index is 5.06. The van der Waals surface area contributed by atoms with Gasteiger partial charge in [-0.15, -0.1) is 0 Å². The van der Waals surface area contributed by atoms with Gasteiger partial charge in [-0.3, -0.25) is 0 Å². The molecular weight excluding hydrogens is 246 g/mol. The van der Waals surface area contributed by atoms with Crippen molar-refractivity contribution in [3.8, 4) is 0 Å². The summed E-state index contributed by atoms with van der Waals surface area (Å²) in [6.07, 6.45) is 10.6. The molecule has 1 aliphatic carbocycles. The Morgan fingerprint density at radius 1 is 1.35 bits per heavy atom. The van der Waals surface area contributed by atoms with Gasteiger partial charge in [-0.25, -0.2) is 4.98 Å². The highest BCUT2D eigenvalue weighted by Crippen LogP contribution is 2.37. The predicted octanol–water partition coefficient (Wildman–Crippen LogP) is 3.94. The molecule has 1 atom stereocenters. The zero-order valence-electron chi connectivity index (χ0n) is 13.1. The van der Waals surface area contributed by atoms with Crippen LogP contribution in [0.15, 0.2) is 0 Å². The van der Waals surface area contributed by atoms with Gasteiger partial charge in [0.15, 0.2) is 0 Å². The summed E-state index contributed by atoms with van der Waals surface area (Å²) in [5.41, 5.74) is 2.87. The lowest BCUT2D eigenvalue weighted by Crippen LogP contribution is -2.26. The monoisotopic (exact) mass is 275 g/mol. The van der Waals surface area contributed by atoms with E-state index in [4.69, 9.17) is 4.98 Å². The van der Waals surface area contributed by atoms with Crippen molar-refractivity contribution >= 4 is 0 Å². The zero-order chi connectivity index (χ0) is 13.9. The Kier molecular flexibility index (Phi) is 4.45. The predicted molar refractivity (Wildman–Crippen MR) is 83.1 cm³/mol. The van der Waals surface area contributed by atoms with Crippen molar-refractivity contribution in [2.75, 3.05) is 6.54 Å². The lowest BCUT2D eigenvalue weighted by atomic mass is 10.1. The molecule has 3 heteroatoms. The van der Waals surface area contributed by atoms with Crippen molar-refractivity contribution in [2.45, 2.75) is 83.7 Å². The van der Waals surface area contributed by atoms with Gasteiger partial charge in [0.2, 0.25) is 0 Å². The maximum atomic E-state index is 5.06. The minimum atomic E-state index is 0.625. The van der Waals surface area contributed by atoms with Crippen LogP contribution in [-0.4, -0.2) is 16.1 Å². The number of rotatable bonds is 5. The van der Waals surface area contributed by atoms with E-state index < -0.39 is 0 Å². The van der Waals surface area contributed by atoms with Gasteiger partial charge in [-0.05, 0) is 26.2 Å². The summed E-state index contributed by atoms with van der Waals surface area (Å²) < 4.78 is 2.64. The summed E-state index contributed by atoms with van der Waals surface area (Å²) in [7, 11) is 0. The van der Waals surface area contributed by atoms with Crippen molar-refractivity contribution in [1.29, 1.82) is 0 Å². The molecule has 0 radical (unpaired) electrons. The molecule has 20 heavy (non-hydrogen) atoms. The molecule has 3 rings (SSSR count). The fourth-order valence-corrected chi connectivity index (χ4v) is 3.95. The highest BCUT2D eigenvalue weighted by Gasteiger charge is 2.28. The van der Waals surface area contributed by atoms with E-state index in [1.807, 2.05) is 0 Å². The van der Waals surface area contributed by atoms with Crippen LogP contribution in [0.25, 0.3) is 0 Å². The van der Waals surface area contributed by atoms with Gasteiger partial charge in [0.1, 0.15) is 5.82 Å². The quantitative estimate of drug-likeness (QED) is 0.882. The lowest BCUT2D eigenvalue weighted by Gasteiger charge is -2.23. The number of fused-ring (bicyclic) bond motifs is 1. The van der Waals surface area contributed by atoms with Crippen LogP contribution in [0.5, 0.6) is 0 Å². The van der Waals surface area contributed by atoms with Gasteiger partial charge in [0.25, 0.3) is 0 Å². The fourth-order valence-electron chi connectivity index (χ4n) is 3.95. The molecule has 0 spiro atoms. The molecule has 112 valence electrons. The van der Waals surface area contributed by atoms with Crippen LogP contribution in [0.1, 0.15) is 88.0 Å². The molecule has 1 fully saturated rings. The van der Waals surface area contributed by atoms with Crippen molar-refractivity contribution in [3.63, 3.8) is 0 Å². The summed E-state index contributed by atoms with van der Waals surface area (Å²) in [4.78, 5) is 5.06. The number of hydrogen-bond donors (Lipinski definition) is 1. The SMILES string of the molecule is CCCCC(C)n1c(C2CCCC2)nc2c1CCNC2. The smallest absolute Gasteiger partial charge is 0.112 e. The molecule has 1 saturated carbocycles. The standard InChI is InChI=1S/C17H29N3/c1-3-4-7-13(2)20-16-10-11-18-12-15(16)19-17(20)14-8-5-6-9-14/h13-14,18H,3-12H2,1-2H3. The van der Waals surface area contributed by atoms with Crippen LogP contribution >= 0.6 is 0 Å². The van der Waals surface area contributed by atoms with E-state index in [2.05, 4.69) is 23.7 Å². The van der Waals surface area contributed by atoms with E-state index in [1.165, 1.54) is 62.2 Å². The zero-order valence-corrected chi connectivity index (χ0v) is 13.1.